The van der Waals surface area contributed by atoms with Crippen molar-refractivity contribution in [1.82, 2.24) is 14.5 Å². The number of aryl methyl sites for hydroxylation is 2. The van der Waals surface area contributed by atoms with E-state index in [1.165, 1.54) is 0 Å². The first-order valence-electron chi connectivity index (χ1n) is 7.91. The van der Waals surface area contributed by atoms with E-state index in [-0.39, 0.29) is 0 Å². The summed E-state index contributed by atoms with van der Waals surface area (Å²) >= 11 is 0. The van der Waals surface area contributed by atoms with Gasteiger partial charge in [0.2, 0.25) is 0 Å². The lowest BCUT2D eigenvalue weighted by Gasteiger charge is -2.21. The van der Waals surface area contributed by atoms with Crippen molar-refractivity contribution in [2.24, 2.45) is 0 Å². The highest BCUT2D eigenvalue weighted by atomic mass is 16.6. The van der Waals surface area contributed by atoms with Gasteiger partial charge >= 0.3 is 6.09 Å². The van der Waals surface area contributed by atoms with Crippen LogP contribution in [0, 0.1) is 13.8 Å². The highest BCUT2D eigenvalue weighted by Gasteiger charge is 2.23. The van der Waals surface area contributed by atoms with Gasteiger partial charge in [-0.3, -0.25) is 0 Å². The number of para-hydroxylation sites is 1. The minimum atomic E-state index is -0.572. The van der Waals surface area contributed by atoms with E-state index in [0.29, 0.717) is 17.2 Å². The summed E-state index contributed by atoms with van der Waals surface area (Å²) in [5.41, 5.74) is 2.51. The number of carbonyl (C=O) groups is 1. The van der Waals surface area contributed by atoms with Crippen LogP contribution in [0.2, 0.25) is 0 Å². The van der Waals surface area contributed by atoms with Crippen LogP contribution in [0.3, 0.4) is 0 Å². The number of carbonyl (C=O) groups excluding carboxylic acids is 1. The topological polar surface area (TPSA) is 57.0 Å². The van der Waals surface area contributed by atoms with Crippen LogP contribution in [-0.2, 0) is 4.74 Å². The fraction of sp³-hybridized carbons (Fsp3) is 0.316. The van der Waals surface area contributed by atoms with Crippen LogP contribution in [0.5, 0.6) is 0 Å². The monoisotopic (exact) mass is 323 g/mol. The van der Waals surface area contributed by atoms with Gasteiger partial charge < -0.3 is 4.74 Å². The molecule has 0 atom stereocenters. The van der Waals surface area contributed by atoms with Crippen molar-refractivity contribution in [3.8, 4) is 11.4 Å². The van der Waals surface area contributed by atoms with Gasteiger partial charge in [-0.15, -0.1) is 0 Å². The maximum Gasteiger partial charge on any atom is 0.419 e. The van der Waals surface area contributed by atoms with E-state index in [2.05, 4.69) is 9.97 Å². The summed E-state index contributed by atoms with van der Waals surface area (Å²) in [5.74, 6) is 0.672. The predicted molar refractivity (Wildman–Crippen MR) is 94.1 cm³/mol. The van der Waals surface area contributed by atoms with Gasteiger partial charge in [0.1, 0.15) is 11.4 Å². The predicted octanol–water partition coefficient (Wildman–Crippen LogP) is 4.50. The zero-order valence-corrected chi connectivity index (χ0v) is 14.6. The normalized spacial score (nSPS) is 11.7. The van der Waals surface area contributed by atoms with E-state index in [1.807, 2.05) is 71.0 Å². The van der Waals surface area contributed by atoms with E-state index >= 15 is 0 Å². The molecule has 5 heteroatoms. The fourth-order valence-corrected chi connectivity index (χ4v) is 2.70. The number of fused-ring (bicyclic) bond motifs is 1. The zero-order chi connectivity index (χ0) is 17.5. The first kappa shape index (κ1) is 16.2. The Kier molecular flexibility index (Phi) is 3.87. The first-order valence-corrected chi connectivity index (χ1v) is 7.91. The summed E-state index contributed by atoms with van der Waals surface area (Å²) in [7, 11) is 0. The molecule has 0 bridgehead atoms. The molecule has 0 aliphatic carbocycles. The summed E-state index contributed by atoms with van der Waals surface area (Å²) in [6, 6.07) is 11.6. The average molecular weight is 323 g/mol. The van der Waals surface area contributed by atoms with Crippen LogP contribution in [0.15, 0.2) is 36.4 Å². The highest BCUT2D eigenvalue weighted by molar-refractivity contribution is 5.95. The molecule has 0 radical (unpaired) electrons. The molecule has 0 aliphatic rings. The zero-order valence-electron chi connectivity index (χ0n) is 14.6. The van der Waals surface area contributed by atoms with Gasteiger partial charge in [0.15, 0.2) is 0 Å². The van der Waals surface area contributed by atoms with Crippen molar-refractivity contribution in [3.63, 3.8) is 0 Å². The molecule has 0 aliphatic heterocycles. The molecule has 5 nitrogen and oxygen atoms in total. The first-order chi connectivity index (χ1) is 11.2. The van der Waals surface area contributed by atoms with Gasteiger partial charge in [-0.1, -0.05) is 18.2 Å². The summed E-state index contributed by atoms with van der Waals surface area (Å²) in [6.07, 6.45) is -0.410. The molecule has 0 spiro atoms. The Morgan fingerprint density at radius 2 is 1.79 bits per heavy atom. The number of ether oxygens (including phenoxy) is 1. The van der Waals surface area contributed by atoms with E-state index in [0.717, 1.165) is 16.6 Å². The Labute approximate surface area is 141 Å². The number of aromatic nitrogens is 3. The molecule has 0 unspecified atom stereocenters. The minimum Gasteiger partial charge on any atom is -0.443 e. The Morgan fingerprint density at radius 1 is 1.08 bits per heavy atom. The third kappa shape index (κ3) is 3.15. The van der Waals surface area contributed by atoms with Gasteiger partial charge in [0, 0.05) is 11.1 Å². The molecule has 1 aromatic carbocycles. The van der Waals surface area contributed by atoms with Crippen molar-refractivity contribution in [3.05, 3.63) is 47.9 Å². The molecule has 3 rings (SSSR count). The van der Waals surface area contributed by atoms with E-state index in [1.54, 1.807) is 4.57 Å². The van der Waals surface area contributed by atoms with Crippen LogP contribution in [0.25, 0.3) is 22.3 Å². The second kappa shape index (κ2) is 5.74. The molecule has 2 aromatic heterocycles. The molecule has 0 fully saturated rings. The van der Waals surface area contributed by atoms with Gasteiger partial charge in [-0.2, -0.15) is 0 Å². The molecule has 24 heavy (non-hydrogen) atoms. The molecule has 3 aromatic rings. The molecule has 124 valence electrons. The van der Waals surface area contributed by atoms with E-state index in [4.69, 9.17) is 4.74 Å². The summed E-state index contributed by atoms with van der Waals surface area (Å²) in [5, 5.41) is 0.965. The van der Waals surface area contributed by atoms with Crippen LogP contribution >= 0.6 is 0 Å². The van der Waals surface area contributed by atoms with Gasteiger partial charge in [0.05, 0.1) is 16.9 Å². The third-order valence-electron chi connectivity index (χ3n) is 3.52. The lowest BCUT2D eigenvalue weighted by atomic mass is 10.2. The number of hydrogen-bond acceptors (Lipinski definition) is 4. The molecule has 0 amide bonds. The molecule has 2 heterocycles. The van der Waals surface area contributed by atoms with Crippen molar-refractivity contribution in [2.75, 3.05) is 0 Å². The summed E-state index contributed by atoms with van der Waals surface area (Å²) in [4.78, 5) is 21.6. The standard InChI is InChI=1S/C19H21N3O2/c1-12-10-15(21-13(2)20-12)17-11-14-8-6-7-9-16(14)22(17)18(23)24-19(3,4)5/h6-11H,1-5H3. The fourth-order valence-electron chi connectivity index (χ4n) is 2.70. The number of hydrogen-bond donors (Lipinski definition) is 0. The lowest BCUT2D eigenvalue weighted by Crippen LogP contribution is -2.27. The SMILES string of the molecule is Cc1cc(-c2cc3ccccc3n2C(=O)OC(C)(C)C)nc(C)n1. The van der Waals surface area contributed by atoms with Crippen molar-refractivity contribution >= 4 is 17.0 Å². The Balaban J connectivity index is 2.24. The van der Waals surface area contributed by atoms with Crippen LogP contribution in [-0.4, -0.2) is 26.2 Å². The van der Waals surface area contributed by atoms with E-state index < -0.39 is 11.7 Å². The molecular formula is C19H21N3O2. The summed E-state index contributed by atoms with van der Waals surface area (Å²) < 4.78 is 7.18. The van der Waals surface area contributed by atoms with Crippen LogP contribution in [0.1, 0.15) is 32.3 Å². The van der Waals surface area contributed by atoms with Gasteiger partial charge in [-0.05, 0) is 52.8 Å². The van der Waals surface area contributed by atoms with Crippen molar-refractivity contribution < 1.29 is 9.53 Å². The van der Waals surface area contributed by atoms with E-state index in [9.17, 15) is 4.79 Å². The molecule has 0 saturated heterocycles. The van der Waals surface area contributed by atoms with Crippen LogP contribution in [0.4, 0.5) is 4.79 Å². The smallest absolute Gasteiger partial charge is 0.419 e. The maximum atomic E-state index is 12.8. The van der Waals surface area contributed by atoms with Crippen molar-refractivity contribution in [2.45, 2.75) is 40.2 Å². The summed E-state index contributed by atoms with van der Waals surface area (Å²) in [6.45, 7) is 9.33. The van der Waals surface area contributed by atoms with Crippen LogP contribution < -0.4 is 0 Å². The maximum absolute atomic E-state index is 12.8. The quantitative estimate of drug-likeness (QED) is 0.661. The molecule has 0 N–H and O–H groups in total. The molecular weight excluding hydrogens is 302 g/mol. The minimum absolute atomic E-state index is 0.410. The third-order valence-corrected chi connectivity index (χ3v) is 3.52. The van der Waals surface area contributed by atoms with Gasteiger partial charge in [0.25, 0.3) is 0 Å². The number of rotatable bonds is 1. The lowest BCUT2D eigenvalue weighted by molar-refractivity contribution is 0.0547. The Bertz CT molecular complexity index is 900. The largest absolute Gasteiger partial charge is 0.443 e. The number of nitrogens with zero attached hydrogens (tertiary/aromatic N) is 3. The van der Waals surface area contributed by atoms with Gasteiger partial charge in [-0.25, -0.2) is 19.3 Å². The second-order valence-corrected chi connectivity index (χ2v) is 6.85. The van der Waals surface area contributed by atoms with Crippen molar-refractivity contribution in [1.29, 1.82) is 0 Å². The Morgan fingerprint density at radius 3 is 2.46 bits per heavy atom. The number of benzene rings is 1. The average Bonchev–Trinajstić information content (AvgIpc) is 2.83. The second-order valence-electron chi connectivity index (χ2n) is 6.85. The highest BCUT2D eigenvalue weighted by Crippen LogP contribution is 2.28. The molecule has 0 saturated carbocycles. The Hall–Kier alpha value is -2.69.